The normalized spacial score (nSPS) is 12.0. The molecule has 6 nitrogen and oxygen atoms in total. The smallest absolute Gasteiger partial charge is 0.323 e. The zero-order valence-electron chi connectivity index (χ0n) is 11.0. The lowest BCUT2D eigenvalue weighted by atomic mass is 10.1. The van der Waals surface area contributed by atoms with Gasteiger partial charge in [0.05, 0.1) is 15.0 Å². The highest BCUT2D eigenvalue weighted by Crippen LogP contribution is 2.37. The van der Waals surface area contributed by atoms with E-state index in [1.54, 1.807) is 6.92 Å². The lowest BCUT2D eigenvalue weighted by Crippen LogP contribution is -2.37. The minimum Gasteiger partial charge on any atom is -0.480 e. The molecule has 0 amide bonds. The standard InChI is InChI=1S/C12H14Cl2N2O4/c1-3-7(2)15(6-12(17)18)10-4-8(13)9(14)5-11(10)16(19)20/h4-5,7H,3,6H2,1-2H3,(H,17,18). The van der Waals surface area contributed by atoms with Crippen LogP contribution in [0.1, 0.15) is 20.3 Å². The van der Waals surface area contributed by atoms with Gasteiger partial charge in [-0.05, 0) is 19.4 Å². The second-order valence-electron chi connectivity index (χ2n) is 4.29. The van der Waals surface area contributed by atoms with E-state index in [4.69, 9.17) is 28.3 Å². The molecule has 1 N–H and O–H groups in total. The Morgan fingerprint density at radius 1 is 1.45 bits per heavy atom. The predicted octanol–water partition coefficient (Wildman–Crippen LogP) is 3.59. The van der Waals surface area contributed by atoms with E-state index in [1.165, 1.54) is 11.0 Å². The van der Waals surface area contributed by atoms with Gasteiger partial charge in [-0.3, -0.25) is 14.9 Å². The number of hydrogen-bond acceptors (Lipinski definition) is 4. The highest BCUT2D eigenvalue weighted by molar-refractivity contribution is 6.42. The van der Waals surface area contributed by atoms with E-state index in [-0.39, 0.29) is 34.0 Å². The summed E-state index contributed by atoms with van der Waals surface area (Å²) in [5.74, 6) is -1.08. The summed E-state index contributed by atoms with van der Waals surface area (Å²) in [5, 5.41) is 20.3. The molecule has 0 saturated carbocycles. The van der Waals surface area contributed by atoms with Crippen LogP contribution in [0.5, 0.6) is 0 Å². The van der Waals surface area contributed by atoms with Gasteiger partial charge in [0.25, 0.3) is 5.69 Å². The Morgan fingerprint density at radius 3 is 2.45 bits per heavy atom. The maximum Gasteiger partial charge on any atom is 0.323 e. The van der Waals surface area contributed by atoms with Crippen LogP contribution in [0, 0.1) is 10.1 Å². The van der Waals surface area contributed by atoms with E-state index >= 15 is 0 Å². The number of hydrogen-bond donors (Lipinski definition) is 1. The summed E-state index contributed by atoms with van der Waals surface area (Å²) in [6, 6.07) is 2.27. The Bertz CT molecular complexity index is 536. The number of anilines is 1. The molecule has 0 radical (unpaired) electrons. The van der Waals surface area contributed by atoms with Gasteiger partial charge in [-0.25, -0.2) is 0 Å². The van der Waals surface area contributed by atoms with Gasteiger partial charge in [0.2, 0.25) is 0 Å². The molecule has 0 aliphatic carbocycles. The summed E-state index contributed by atoms with van der Waals surface area (Å²) in [4.78, 5) is 22.9. The molecule has 0 saturated heterocycles. The molecule has 1 unspecified atom stereocenters. The van der Waals surface area contributed by atoms with Crippen molar-refractivity contribution < 1.29 is 14.8 Å². The SMILES string of the molecule is CCC(C)N(CC(=O)O)c1cc(Cl)c(Cl)cc1[N+](=O)[O-]. The molecule has 1 aromatic rings. The highest BCUT2D eigenvalue weighted by Gasteiger charge is 2.26. The third-order valence-corrected chi connectivity index (χ3v) is 3.67. The number of carboxylic acids is 1. The topological polar surface area (TPSA) is 83.7 Å². The average Bonchev–Trinajstić information content (AvgIpc) is 2.37. The number of nitro groups is 1. The lowest BCUT2D eigenvalue weighted by molar-refractivity contribution is -0.384. The van der Waals surface area contributed by atoms with Crippen LogP contribution in [0.15, 0.2) is 12.1 Å². The van der Waals surface area contributed by atoms with Crippen LogP contribution in [0.25, 0.3) is 0 Å². The van der Waals surface area contributed by atoms with Crippen molar-refractivity contribution in [3.8, 4) is 0 Å². The van der Waals surface area contributed by atoms with Crippen molar-refractivity contribution in [3.05, 3.63) is 32.3 Å². The second-order valence-corrected chi connectivity index (χ2v) is 5.11. The van der Waals surface area contributed by atoms with E-state index < -0.39 is 10.9 Å². The van der Waals surface area contributed by atoms with Crippen molar-refractivity contribution in [2.24, 2.45) is 0 Å². The van der Waals surface area contributed by atoms with Gasteiger partial charge in [0, 0.05) is 12.1 Å². The fourth-order valence-electron chi connectivity index (χ4n) is 1.75. The molecule has 1 atom stereocenters. The van der Waals surface area contributed by atoms with Gasteiger partial charge in [-0.15, -0.1) is 0 Å². The van der Waals surface area contributed by atoms with Gasteiger partial charge in [-0.1, -0.05) is 30.1 Å². The predicted molar refractivity (Wildman–Crippen MR) is 77.9 cm³/mol. The summed E-state index contributed by atoms with van der Waals surface area (Å²) in [5.41, 5.74) is -0.109. The molecule has 0 aromatic heterocycles. The second kappa shape index (κ2) is 6.76. The summed E-state index contributed by atoms with van der Waals surface area (Å²) in [6.45, 7) is 3.30. The molecular weight excluding hydrogens is 307 g/mol. The van der Waals surface area contributed by atoms with Crippen molar-refractivity contribution >= 4 is 40.5 Å². The first-order chi connectivity index (χ1) is 9.27. The number of nitro benzene ring substituents is 1. The number of benzene rings is 1. The maximum atomic E-state index is 11.1. The Labute approximate surface area is 126 Å². The van der Waals surface area contributed by atoms with Crippen LogP contribution in [0.2, 0.25) is 10.0 Å². The Kier molecular flexibility index (Phi) is 5.59. The fourth-order valence-corrected chi connectivity index (χ4v) is 2.06. The minimum absolute atomic E-state index is 0.0570. The summed E-state index contributed by atoms with van der Waals surface area (Å²) in [7, 11) is 0. The van der Waals surface area contributed by atoms with Crippen molar-refractivity contribution in [2.75, 3.05) is 11.4 Å². The number of halogens is 2. The van der Waals surface area contributed by atoms with Crippen LogP contribution in [-0.4, -0.2) is 28.6 Å². The molecule has 1 rings (SSSR count). The molecule has 0 bridgehead atoms. The van der Waals surface area contributed by atoms with Gasteiger partial charge in [-0.2, -0.15) is 0 Å². The summed E-state index contributed by atoms with van der Waals surface area (Å²) in [6.07, 6.45) is 0.630. The van der Waals surface area contributed by atoms with Crippen LogP contribution < -0.4 is 4.90 Å². The van der Waals surface area contributed by atoms with E-state index in [0.29, 0.717) is 6.42 Å². The van der Waals surface area contributed by atoms with Crippen molar-refractivity contribution in [3.63, 3.8) is 0 Å². The van der Waals surface area contributed by atoms with Crippen LogP contribution in [0.4, 0.5) is 11.4 Å². The third-order valence-electron chi connectivity index (χ3n) is 2.95. The van der Waals surface area contributed by atoms with Crippen molar-refractivity contribution in [1.29, 1.82) is 0 Å². The Balaban J connectivity index is 3.41. The zero-order chi connectivity index (χ0) is 15.4. The van der Waals surface area contributed by atoms with Gasteiger partial charge in [0.15, 0.2) is 0 Å². The molecule has 8 heteroatoms. The Morgan fingerprint density at radius 2 is 2.00 bits per heavy atom. The van der Waals surface area contributed by atoms with Gasteiger partial charge in [0.1, 0.15) is 12.2 Å². The first-order valence-corrected chi connectivity index (χ1v) is 6.65. The molecule has 0 aliphatic heterocycles. The minimum atomic E-state index is -1.08. The molecule has 0 aliphatic rings. The average molecular weight is 321 g/mol. The monoisotopic (exact) mass is 320 g/mol. The number of carbonyl (C=O) groups is 1. The molecule has 0 spiro atoms. The van der Waals surface area contributed by atoms with Crippen molar-refractivity contribution in [1.82, 2.24) is 0 Å². The van der Waals surface area contributed by atoms with E-state index in [0.717, 1.165) is 6.07 Å². The maximum absolute atomic E-state index is 11.1. The first-order valence-electron chi connectivity index (χ1n) is 5.89. The Hall–Kier alpha value is -1.53. The fraction of sp³-hybridized carbons (Fsp3) is 0.417. The van der Waals surface area contributed by atoms with E-state index in [2.05, 4.69) is 0 Å². The number of nitrogens with zero attached hydrogens (tertiary/aromatic N) is 2. The molecule has 0 fully saturated rings. The van der Waals surface area contributed by atoms with E-state index in [1.807, 2.05) is 6.92 Å². The molecule has 20 heavy (non-hydrogen) atoms. The lowest BCUT2D eigenvalue weighted by Gasteiger charge is -2.28. The number of rotatable bonds is 6. The largest absolute Gasteiger partial charge is 0.480 e. The highest BCUT2D eigenvalue weighted by atomic mass is 35.5. The van der Waals surface area contributed by atoms with Gasteiger partial charge < -0.3 is 10.0 Å². The number of aliphatic carboxylic acids is 1. The van der Waals surface area contributed by atoms with Crippen molar-refractivity contribution in [2.45, 2.75) is 26.3 Å². The third kappa shape index (κ3) is 3.74. The summed E-state index contributed by atoms with van der Waals surface area (Å²) < 4.78 is 0. The number of carboxylic acid groups (broad SMARTS) is 1. The first kappa shape index (κ1) is 16.5. The van der Waals surface area contributed by atoms with E-state index in [9.17, 15) is 14.9 Å². The molecule has 110 valence electrons. The quantitative estimate of drug-likeness (QED) is 0.639. The van der Waals surface area contributed by atoms with Crippen LogP contribution in [0.3, 0.4) is 0 Å². The van der Waals surface area contributed by atoms with Gasteiger partial charge >= 0.3 is 5.97 Å². The van der Waals surface area contributed by atoms with Crippen LogP contribution in [-0.2, 0) is 4.79 Å². The van der Waals surface area contributed by atoms with Crippen LogP contribution >= 0.6 is 23.2 Å². The zero-order valence-corrected chi connectivity index (χ0v) is 12.5. The molecule has 0 heterocycles. The molecule has 1 aromatic carbocycles. The summed E-state index contributed by atoms with van der Waals surface area (Å²) >= 11 is 11.7. The molecular formula is C12H14Cl2N2O4.